The Bertz CT molecular complexity index is 527. The maximum atomic E-state index is 7.40. The van der Waals surface area contributed by atoms with Gasteiger partial charge in [-0.1, -0.05) is 18.2 Å². The van der Waals surface area contributed by atoms with Crippen molar-refractivity contribution in [3.63, 3.8) is 0 Å². The minimum absolute atomic E-state index is 0.305. The fraction of sp³-hybridized carbons (Fsp3) is 0.167. The molecule has 2 rings (SSSR count). The van der Waals surface area contributed by atoms with Crippen LogP contribution < -0.4 is 4.74 Å². The number of benzene rings is 1. The molecular weight excluding hydrogens is 300 g/mol. The van der Waals surface area contributed by atoms with Crippen molar-refractivity contribution in [3.05, 3.63) is 50.6 Å². The molecule has 0 spiro atoms. The van der Waals surface area contributed by atoms with Crippen molar-refractivity contribution in [1.29, 1.82) is 5.53 Å². The van der Waals surface area contributed by atoms with Gasteiger partial charge in [0.05, 0.1) is 7.11 Å². The molecule has 0 radical (unpaired) electrons. The summed E-state index contributed by atoms with van der Waals surface area (Å²) < 4.78 is 6.29. The zero-order valence-corrected chi connectivity index (χ0v) is 11.6. The Kier molecular flexibility index (Phi) is 3.91. The largest absolute Gasteiger partial charge is 0.496 e. The number of methoxy groups -OCH3 is 1. The Hall–Kier alpha value is -1.20. The molecule has 0 bridgehead atoms. The molecule has 0 saturated carbocycles. The van der Waals surface area contributed by atoms with E-state index in [1.54, 1.807) is 18.4 Å². The second-order valence-corrected chi connectivity index (χ2v) is 5.21. The van der Waals surface area contributed by atoms with E-state index in [9.17, 15) is 0 Å². The van der Waals surface area contributed by atoms with Crippen LogP contribution in [0.15, 0.2) is 45.3 Å². The lowest BCUT2D eigenvalue weighted by Crippen LogP contribution is -1.99. The van der Waals surface area contributed by atoms with E-state index >= 15 is 0 Å². The summed E-state index contributed by atoms with van der Waals surface area (Å²) in [4.78, 5) is 1.02. The molecule has 1 atom stereocenters. The molecular formula is C12H11BrN2OS. The van der Waals surface area contributed by atoms with Gasteiger partial charge in [-0.25, -0.2) is 5.53 Å². The van der Waals surface area contributed by atoms with Crippen LogP contribution in [0.1, 0.15) is 16.5 Å². The van der Waals surface area contributed by atoms with Gasteiger partial charge in [-0.15, -0.1) is 11.3 Å². The molecule has 1 unspecified atom stereocenters. The highest BCUT2D eigenvalue weighted by Crippen LogP contribution is 2.38. The summed E-state index contributed by atoms with van der Waals surface area (Å²) in [5.41, 5.74) is 8.31. The molecule has 1 aromatic heterocycles. The van der Waals surface area contributed by atoms with Gasteiger partial charge in [0.1, 0.15) is 11.8 Å². The number of hydrogen-bond acceptors (Lipinski definition) is 4. The Morgan fingerprint density at radius 2 is 2.12 bits per heavy atom. The van der Waals surface area contributed by atoms with Gasteiger partial charge < -0.3 is 4.74 Å². The molecule has 1 N–H and O–H groups in total. The van der Waals surface area contributed by atoms with E-state index in [0.29, 0.717) is 0 Å². The van der Waals surface area contributed by atoms with Gasteiger partial charge in [0.25, 0.3) is 0 Å². The molecule has 1 aromatic carbocycles. The summed E-state index contributed by atoms with van der Waals surface area (Å²) in [5.74, 6) is 0.758. The number of thiophene rings is 1. The fourth-order valence-corrected chi connectivity index (χ4v) is 3.31. The second kappa shape index (κ2) is 5.42. The molecule has 88 valence electrons. The summed E-state index contributed by atoms with van der Waals surface area (Å²) >= 11 is 5.06. The molecule has 0 saturated heterocycles. The van der Waals surface area contributed by atoms with Crippen LogP contribution in [0.25, 0.3) is 0 Å². The lowest BCUT2D eigenvalue weighted by Gasteiger charge is -2.13. The van der Waals surface area contributed by atoms with Gasteiger partial charge >= 0.3 is 0 Å². The van der Waals surface area contributed by atoms with Crippen molar-refractivity contribution in [2.75, 3.05) is 7.11 Å². The van der Waals surface area contributed by atoms with Gasteiger partial charge in [-0.05, 0) is 33.4 Å². The van der Waals surface area contributed by atoms with Crippen LogP contribution in [0.4, 0.5) is 0 Å². The van der Waals surface area contributed by atoms with Gasteiger partial charge in [0.2, 0.25) is 0 Å². The van der Waals surface area contributed by atoms with E-state index in [4.69, 9.17) is 10.3 Å². The highest BCUT2D eigenvalue weighted by Gasteiger charge is 2.20. The van der Waals surface area contributed by atoms with Crippen molar-refractivity contribution >= 4 is 27.3 Å². The van der Waals surface area contributed by atoms with Crippen LogP contribution in [-0.4, -0.2) is 7.11 Å². The van der Waals surface area contributed by atoms with E-state index in [1.165, 1.54) is 0 Å². The molecule has 0 fully saturated rings. The zero-order valence-electron chi connectivity index (χ0n) is 9.18. The Morgan fingerprint density at radius 3 is 2.71 bits per heavy atom. The van der Waals surface area contributed by atoms with Gasteiger partial charge in [-0.3, -0.25) is 0 Å². The lowest BCUT2D eigenvalue weighted by atomic mass is 10.1. The Balaban J connectivity index is 2.49. The van der Waals surface area contributed by atoms with Gasteiger partial charge in [0.15, 0.2) is 0 Å². The minimum Gasteiger partial charge on any atom is -0.496 e. The monoisotopic (exact) mass is 310 g/mol. The van der Waals surface area contributed by atoms with Crippen molar-refractivity contribution in [3.8, 4) is 5.75 Å². The van der Waals surface area contributed by atoms with Gasteiger partial charge in [-0.2, -0.15) is 5.11 Å². The van der Waals surface area contributed by atoms with Crippen molar-refractivity contribution in [1.82, 2.24) is 0 Å². The van der Waals surface area contributed by atoms with E-state index in [1.807, 2.05) is 35.7 Å². The van der Waals surface area contributed by atoms with E-state index < -0.39 is 0 Å². The normalized spacial score (nSPS) is 12.1. The van der Waals surface area contributed by atoms with Gasteiger partial charge in [0, 0.05) is 14.9 Å². The van der Waals surface area contributed by atoms with Crippen LogP contribution in [-0.2, 0) is 0 Å². The number of halogens is 1. The predicted octanol–water partition coefficient (Wildman–Crippen LogP) is 4.64. The summed E-state index contributed by atoms with van der Waals surface area (Å²) in [6.45, 7) is 0. The van der Waals surface area contributed by atoms with Crippen LogP contribution in [0.2, 0.25) is 0 Å². The van der Waals surface area contributed by atoms with Crippen molar-refractivity contribution in [2.45, 2.75) is 6.04 Å². The molecule has 17 heavy (non-hydrogen) atoms. The predicted molar refractivity (Wildman–Crippen MR) is 72.0 cm³/mol. The first-order chi connectivity index (χ1) is 8.27. The maximum absolute atomic E-state index is 7.40. The smallest absolute Gasteiger partial charge is 0.134 e. The summed E-state index contributed by atoms with van der Waals surface area (Å²) in [6.07, 6.45) is 0. The molecule has 2 aromatic rings. The fourth-order valence-electron chi connectivity index (χ4n) is 1.66. The number of nitrogens with one attached hydrogen (secondary N) is 1. The summed E-state index contributed by atoms with van der Waals surface area (Å²) in [6, 6.07) is 9.32. The number of rotatable bonds is 4. The third-order valence-corrected chi connectivity index (χ3v) is 4.38. The lowest BCUT2D eigenvalue weighted by molar-refractivity contribution is 0.407. The molecule has 3 nitrogen and oxygen atoms in total. The molecule has 0 aliphatic carbocycles. The number of nitrogens with zero attached hydrogens (tertiary/aromatic N) is 1. The Labute approximate surface area is 112 Å². The van der Waals surface area contributed by atoms with Crippen LogP contribution in [0, 0.1) is 5.53 Å². The molecule has 1 heterocycles. The molecule has 0 aliphatic rings. The topological polar surface area (TPSA) is 45.4 Å². The second-order valence-electron chi connectivity index (χ2n) is 3.41. The average molecular weight is 311 g/mol. The SMILES string of the molecule is COc1ccccc1C(N=N)c1sccc1Br. The standard InChI is InChI=1S/C12H11BrN2OS/c1-16-10-5-3-2-4-8(10)11(15-14)12-9(13)6-7-17-12/h2-7,11,14H,1H3. The minimum atomic E-state index is -0.305. The first-order valence-electron chi connectivity index (χ1n) is 5.00. The van der Waals surface area contributed by atoms with Crippen molar-refractivity contribution < 1.29 is 4.74 Å². The number of hydrogen-bond donors (Lipinski definition) is 1. The zero-order chi connectivity index (χ0) is 12.3. The number of para-hydroxylation sites is 1. The highest BCUT2D eigenvalue weighted by molar-refractivity contribution is 9.10. The average Bonchev–Trinajstić information content (AvgIpc) is 2.78. The molecule has 5 heteroatoms. The first kappa shape index (κ1) is 12.3. The summed E-state index contributed by atoms with van der Waals surface area (Å²) in [5, 5.41) is 5.70. The molecule has 0 aliphatic heterocycles. The third-order valence-electron chi connectivity index (χ3n) is 2.46. The van der Waals surface area contributed by atoms with E-state index in [2.05, 4.69) is 21.0 Å². The highest BCUT2D eigenvalue weighted by atomic mass is 79.9. The summed E-state index contributed by atoms with van der Waals surface area (Å²) in [7, 11) is 1.63. The molecule has 0 amide bonds. The third kappa shape index (κ3) is 2.40. The van der Waals surface area contributed by atoms with Crippen LogP contribution >= 0.6 is 27.3 Å². The first-order valence-corrected chi connectivity index (χ1v) is 6.67. The Morgan fingerprint density at radius 1 is 1.35 bits per heavy atom. The quantitative estimate of drug-likeness (QED) is 0.821. The maximum Gasteiger partial charge on any atom is 0.134 e. The number of ether oxygens (including phenoxy) is 1. The van der Waals surface area contributed by atoms with E-state index in [0.717, 1.165) is 20.7 Å². The van der Waals surface area contributed by atoms with Crippen LogP contribution in [0.3, 0.4) is 0 Å². The van der Waals surface area contributed by atoms with Crippen molar-refractivity contribution in [2.24, 2.45) is 5.11 Å². The van der Waals surface area contributed by atoms with E-state index in [-0.39, 0.29) is 6.04 Å². The van der Waals surface area contributed by atoms with Crippen LogP contribution in [0.5, 0.6) is 5.75 Å².